The van der Waals surface area contributed by atoms with Crippen molar-refractivity contribution >= 4 is 23.6 Å². The molecule has 1 N–H and O–H groups in total. The van der Waals surface area contributed by atoms with E-state index in [2.05, 4.69) is 17.4 Å². The zero-order valence-corrected chi connectivity index (χ0v) is 17.6. The van der Waals surface area contributed by atoms with Crippen LogP contribution in [-0.2, 0) is 16.0 Å². The van der Waals surface area contributed by atoms with Crippen molar-refractivity contribution < 1.29 is 9.59 Å². The third-order valence-corrected chi connectivity index (χ3v) is 5.54. The van der Waals surface area contributed by atoms with E-state index in [-0.39, 0.29) is 11.8 Å². The molecule has 0 aliphatic heterocycles. The van der Waals surface area contributed by atoms with Crippen LogP contribution in [0.15, 0.2) is 65.6 Å². The van der Waals surface area contributed by atoms with Crippen LogP contribution < -0.4 is 5.32 Å². The number of amides is 2. The van der Waals surface area contributed by atoms with Crippen LogP contribution in [-0.4, -0.2) is 41.6 Å². The van der Waals surface area contributed by atoms with Gasteiger partial charge < -0.3 is 10.2 Å². The van der Waals surface area contributed by atoms with Crippen molar-refractivity contribution in [3.63, 3.8) is 0 Å². The summed E-state index contributed by atoms with van der Waals surface area (Å²) in [6, 6.07) is 19.7. The first-order chi connectivity index (χ1) is 13.6. The molecule has 4 nitrogen and oxygen atoms in total. The van der Waals surface area contributed by atoms with Crippen molar-refractivity contribution in [1.29, 1.82) is 0 Å². The third kappa shape index (κ3) is 7.39. The molecule has 0 heterocycles. The van der Waals surface area contributed by atoms with Crippen molar-refractivity contribution in [3.8, 4) is 0 Å². The molecule has 0 fully saturated rings. The lowest BCUT2D eigenvalue weighted by Crippen LogP contribution is -2.49. The van der Waals surface area contributed by atoms with E-state index in [0.29, 0.717) is 25.3 Å². The van der Waals surface area contributed by atoms with Gasteiger partial charge in [0.15, 0.2) is 0 Å². The quantitative estimate of drug-likeness (QED) is 0.579. The van der Waals surface area contributed by atoms with E-state index in [1.165, 1.54) is 5.56 Å². The monoisotopic (exact) mass is 398 g/mol. The molecule has 0 aliphatic carbocycles. The van der Waals surface area contributed by atoms with E-state index in [4.69, 9.17) is 0 Å². The topological polar surface area (TPSA) is 49.4 Å². The minimum Gasteiger partial charge on any atom is -0.354 e. The normalized spacial score (nSPS) is 11.6. The molecule has 2 amide bonds. The van der Waals surface area contributed by atoms with Crippen LogP contribution in [0.1, 0.15) is 32.3 Å². The lowest BCUT2D eigenvalue weighted by Gasteiger charge is -2.28. The molecule has 0 aromatic heterocycles. The first-order valence-electron chi connectivity index (χ1n) is 9.90. The smallest absolute Gasteiger partial charge is 0.242 e. The number of carbonyl (C=O) groups excluding carboxylic acids is 2. The highest BCUT2D eigenvalue weighted by Crippen LogP contribution is 2.18. The highest BCUT2D eigenvalue weighted by Gasteiger charge is 2.25. The largest absolute Gasteiger partial charge is 0.354 e. The van der Waals surface area contributed by atoms with E-state index >= 15 is 0 Å². The van der Waals surface area contributed by atoms with Gasteiger partial charge in [0, 0.05) is 30.2 Å². The number of nitrogens with one attached hydrogen (secondary N) is 1. The predicted molar refractivity (Wildman–Crippen MR) is 116 cm³/mol. The van der Waals surface area contributed by atoms with E-state index in [9.17, 15) is 9.59 Å². The Bertz CT molecular complexity index is 722. The van der Waals surface area contributed by atoms with E-state index < -0.39 is 6.04 Å². The highest BCUT2D eigenvalue weighted by atomic mass is 32.2. The Morgan fingerprint density at radius 1 is 1.04 bits per heavy atom. The van der Waals surface area contributed by atoms with E-state index in [0.717, 1.165) is 17.7 Å². The first kappa shape index (κ1) is 22.0. The van der Waals surface area contributed by atoms with Gasteiger partial charge >= 0.3 is 0 Å². The van der Waals surface area contributed by atoms with Crippen LogP contribution in [0, 0.1) is 0 Å². The number of nitrogens with zero attached hydrogens (tertiary/aromatic N) is 1. The molecule has 2 aromatic carbocycles. The number of benzene rings is 2. The second-order valence-electron chi connectivity index (χ2n) is 6.70. The van der Waals surface area contributed by atoms with Gasteiger partial charge in [-0.25, -0.2) is 0 Å². The summed E-state index contributed by atoms with van der Waals surface area (Å²) in [5.74, 6) is 0.644. The fraction of sp³-hybridized carbons (Fsp3) is 0.391. The van der Waals surface area contributed by atoms with Crippen LogP contribution in [0.2, 0.25) is 0 Å². The Balaban J connectivity index is 1.96. The number of hydrogen-bond donors (Lipinski definition) is 1. The summed E-state index contributed by atoms with van der Waals surface area (Å²) in [6.45, 7) is 5.01. The summed E-state index contributed by atoms with van der Waals surface area (Å²) in [5.41, 5.74) is 1.17. The maximum absolute atomic E-state index is 12.9. The van der Waals surface area contributed by atoms with Crippen molar-refractivity contribution in [2.75, 3.05) is 18.8 Å². The van der Waals surface area contributed by atoms with Gasteiger partial charge in [-0.2, -0.15) is 0 Å². The second kappa shape index (κ2) is 12.2. The minimum atomic E-state index is -0.468. The van der Waals surface area contributed by atoms with Gasteiger partial charge in [-0.15, -0.1) is 11.8 Å². The summed E-state index contributed by atoms with van der Waals surface area (Å²) in [7, 11) is 0. The van der Waals surface area contributed by atoms with Gasteiger partial charge in [-0.3, -0.25) is 9.59 Å². The molecule has 28 heavy (non-hydrogen) atoms. The number of carbonyl (C=O) groups is 2. The third-order valence-electron chi connectivity index (χ3n) is 4.53. The van der Waals surface area contributed by atoms with Crippen LogP contribution in [0.4, 0.5) is 0 Å². The fourth-order valence-electron chi connectivity index (χ4n) is 2.88. The molecule has 150 valence electrons. The summed E-state index contributed by atoms with van der Waals surface area (Å²) in [4.78, 5) is 28.2. The molecule has 1 unspecified atom stereocenters. The molecule has 2 rings (SSSR count). The molecular formula is C23H30N2O2S. The molecule has 0 spiro atoms. The summed E-state index contributed by atoms with van der Waals surface area (Å²) in [5, 5.41) is 2.91. The predicted octanol–water partition coefficient (Wildman–Crippen LogP) is 4.15. The second-order valence-corrected chi connectivity index (χ2v) is 7.87. The average molecular weight is 399 g/mol. The molecular weight excluding hydrogens is 368 g/mol. The van der Waals surface area contributed by atoms with E-state index in [1.54, 1.807) is 16.7 Å². The molecule has 0 saturated carbocycles. The minimum absolute atomic E-state index is 0.0264. The van der Waals surface area contributed by atoms with Crippen molar-refractivity contribution in [2.24, 2.45) is 0 Å². The molecule has 1 atom stereocenters. The Kier molecular flexibility index (Phi) is 9.63. The fourth-order valence-corrected chi connectivity index (χ4v) is 3.74. The summed E-state index contributed by atoms with van der Waals surface area (Å²) >= 11 is 1.67. The van der Waals surface area contributed by atoms with Crippen LogP contribution in [0.5, 0.6) is 0 Å². The van der Waals surface area contributed by atoms with Crippen molar-refractivity contribution in [3.05, 3.63) is 66.2 Å². The standard InChI is InChI=1S/C23H30N2O2S/c1-3-16-24-23(27)19(2)25(17-14-20-10-6-4-7-11-20)22(26)15-18-28-21-12-8-5-9-13-21/h4-13,19H,3,14-18H2,1-2H3,(H,24,27). The van der Waals surface area contributed by atoms with Crippen molar-refractivity contribution in [1.82, 2.24) is 10.2 Å². The molecule has 0 aliphatic rings. The van der Waals surface area contributed by atoms with Gasteiger partial charge in [0.05, 0.1) is 0 Å². The van der Waals surface area contributed by atoms with Crippen LogP contribution in [0.25, 0.3) is 0 Å². The Morgan fingerprint density at radius 2 is 1.68 bits per heavy atom. The van der Waals surface area contributed by atoms with Crippen molar-refractivity contribution in [2.45, 2.75) is 44.0 Å². The van der Waals surface area contributed by atoms with Gasteiger partial charge in [0.2, 0.25) is 11.8 Å². The van der Waals surface area contributed by atoms with Gasteiger partial charge in [0.1, 0.15) is 6.04 Å². The molecule has 0 saturated heterocycles. The zero-order valence-electron chi connectivity index (χ0n) is 16.8. The van der Waals surface area contributed by atoms with Gasteiger partial charge in [-0.05, 0) is 37.5 Å². The molecule has 2 aromatic rings. The van der Waals surface area contributed by atoms with E-state index in [1.807, 2.05) is 62.4 Å². The molecule has 0 bridgehead atoms. The lowest BCUT2D eigenvalue weighted by atomic mass is 10.1. The van der Waals surface area contributed by atoms with Crippen LogP contribution >= 0.6 is 11.8 Å². The average Bonchev–Trinajstić information content (AvgIpc) is 2.73. The SMILES string of the molecule is CCCNC(=O)C(C)N(CCc1ccccc1)C(=O)CCSc1ccccc1. The Hall–Kier alpha value is -2.27. The maximum Gasteiger partial charge on any atom is 0.242 e. The Labute approximate surface area is 172 Å². The summed E-state index contributed by atoms with van der Waals surface area (Å²) in [6.07, 6.45) is 2.04. The number of rotatable bonds is 11. The number of thioether (sulfide) groups is 1. The molecule has 0 radical (unpaired) electrons. The number of hydrogen-bond acceptors (Lipinski definition) is 3. The lowest BCUT2D eigenvalue weighted by molar-refractivity contribution is -0.139. The Morgan fingerprint density at radius 3 is 2.32 bits per heavy atom. The summed E-state index contributed by atoms with van der Waals surface area (Å²) < 4.78 is 0. The van der Waals surface area contributed by atoms with Gasteiger partial charge in [-0.1, -0.05) is 55.5 Å². The van der Waals surface area contributed by atoms with Crippen LogP contribution in [0.3, 0.4) is 0 Å². The highest BCUT2D eigenvalue weighted by molar-refractivity contribution is 7.99. The maximum atomic E-state index is 12.9. The molecule has 5 heteroatoms. The zero-order chi connectivity index (χ0) is 20.2. The first-order valence-corrected chi connectivity index (χ1v) is 10.9. The van der Waals surface area contributed by atoms with Gasteiger partial charge in [0.25, 0.3) is 0 Å².